The Morgan fingerprint density at radius 2 is 1.91 bits per heavy atom. The summed E-state index contributed by atoms with van der Waals surface area (Å²) in [5.41, 5.74) is 3.80. The van der Waals surface area contributed by atoms with E-state index in [4.69, 9.17) is 14.5 Å². The first-order chi connectivity index (χ1) is 21.7. The molecule has 1 N–H and O–H groups in total. The molecule has 1 aromatic heterocycles. The summed E-state index contributed by atoms with van der Waals surface area (Å²) in [7, 11) is 0. The van der Waals surface area contributed by atoms with Crippen molar-refractivity contribution in [3.8, 4) is 5.75 Å². The smallest absolute Gasteiger partial charge is 0.253 e. The predicted octanol–water partition coefficient (Wildman–Crippen LogP) is 7.33. The summed E-state index contributed by atoms with van der Waals surface area (Å²) in [6.07, 6.45) is 12.6. The monoisotopic (exact) mass is 618 g/mol. The van der Waals surface area contributed by atoms with Crippen LogP contribution in [0.1, 0.15) is 109 Å². The van der Waals surface area contributed by atoms with Gasteiger partial charge in [-0.1, -0.05) is 56.5 Å². The van der Waals surface area contributed by atoms with Crippen molar-refractivity contribution in [1.82, 2.24) is 15.2 Å². The summed E-state index contributed by atoms with van der Waals surface area (Å²) >= 11 is 0. The summed E-state index contributed by atoms with van der Waals surface area (Å²) in [6, 6.07) is 12.0. The maximum atomic E-state index is 14.3. The molecular formula is C37H54N4O4. The number of unbranched alkanes of at least 4 members (excludes halogenated alkanes) is 2. The van der Waals surface area contributed by atoms with Crippen LogP contribution in [0, 0.1) is 6.92 Å². The van der Waals surface area contributed by atoms with Crippen LogP contribution in [0.2, 0.25) is 0 Å². The molecule has 0 bridgehead atoms. The number of ether oxygens (including phenoxy) is 2. The molecule has 0 radical (unpaired) electrons. The lowest BCUT2D eigenvalue weighted by atomic mass is 9.96. The summed E-state index contributed by atoms with van der Waals surface area (Å²) < 4.78 is 12.1. The van der Waals surface area contributed by atoms with E-state index in [9.17, 15) is 9.59 Å². The number of benzene rings is 1. The average Bonchev–Trinajstić information content (AvgIpc) is 2.99. The van der Waals surface area contributed by atoms with Crippen LogP contribution in [0.25, 0.3) is 0 Å². The van der Waals surface area contributed by atoms with Crippen molar-refractivity contribution in [2.45, 2.75) is 124 Å². The number of carbonyl (C=O) groups excluding carboxylic acids is 2. The fourth-order valence-corrected chi connectivity index (χ4v) is 5.43. The zero-order valence-electron chi connectivity index (χ0n) is 28.3. The molecule has 1 unspecified atom stereocenters. The molecule has 3 rings (SSSR count). The molecule has 1 aliphatic carbocycles. The van der Waals surface area contributed by atoms with Crippen LogP contribution < -0.4 is 10.1 Å². The van der Waals surface area contributed by atoms with Gasteiger partial charge in [0, 0.05) is 19.2 Å². The van der Waals surface area contributed by atoms with Gasteiger partial charge in [-0.05, 0) is 96.8 Å². The van der Waals surface area contributed by atoms with Gasteiger partial charge in [-0.2, -0.15) is 0 Å². The molecule has 246 valence electrons. The normalized spacial score (nSPS) is 14.9. The van der Waals surface area contributed by atoms with Crippen LogP contribution in [0.5, 0.6) is 5.75 Å². The van der Waals surface area contributed by atoms with Crippen LogP contribution in [0.4, 0.5) is 0 Å². The van der Waals surface area contributed by atoms with E-state index >= 15 is 0 Å². The molecule has 1 saturated carbocycles. The minimum absolute atomic E-state index is 0.0408. The predicted molar refractivity (Wildman–Crippen MR) is 181 cm³/mol. The lowest BCUT2D eigenvalue weighted by Gasteiger charge is -2.29. The zero-order valence-corrected chi connectivity index (χ0v) is 28.3. The van der Waals surface area contributed by atoms with Gasteiger partial charge >= 0.3 is 0 Å². The largest absolute Gasteiger partial charge is 0.489 e. The van der Waals surface area contributed by atoms with Crippen LogP contribution >= 0.6 is 0 Å². The third kappa shape index (κ3) is 11.7. The second-order valence-corrected chi connectivity index (χ2v) is 12.4. The summed E-state index contributed by atoms with van der Waals surface area (Å²) in [5, 5.41) is 2.76. The van der Waals surface area contributed by atoms with E-state index in [2.05, 4.69) is 24.1 Å². The summed E-state index contributed by atoms with van der Waals surface area (Å²) in [6.45, 7) is 13.3. The van der Waals surface area contributed by atoms with Crippen molar-refractivity contribution < 1.29 is 19.1 Å². The molecule has 1 aromatic carbocycles. The van der Waals surface area contributed by atoms with Crippen molar-refractivity contribution in [2.24, 2.45) is 4.99 Å². The average molecular weight is 619 g/mol. The van der Waals surface area contributed by atoms with Crippen molar-refractivity contribution in [2.75, 3.05) is 13.2 Å². The maximum absolute atomic E-state index is 14.3. The van der Waals surface area contributed by atoms with Crippen LogP contribution in [0.3, 0.4) is 0 Å². The third-order valence-electron chi connectivity index (χ3n) is 8.32. The number of aryl methyl sites for hydroxylation is 2. The first-order valence-electron chi connectivity index (χ1n) is 16.8. The molecule has 2 amide bonds. The summed E-state index contributed by atoms with van der Waals surface area (Å²) in [5.74, 6) is 0.874. The van der Waals surface area contributed by atoms with Crippen molar-refractivity contribution in [3.05, 3.63) is 70.8 Å². The number of nitrogens with zero attached hydrogens (tertiary/aromatic N) is 3. The quantitative estimate of drug-likeness (QED) is 0.0726. The van der Waals surface area contributed by atoms with Gasteiger partial charge in [0.05, 0.1) is 35.4 Å². The van der Waals surface area contributed by atoms with Crippen LogP contribution in [-0.4, -0.2) is 59.3 Å². The number of carbonyl (C=O) groups is 2. The number of aromatic nitrogens is 1. The van der Waals surface area contributed by atoms with Crippen molar-refractivity contribution >= 4 is 18.0 Å². The fraction of sp³-hybridized carbons (Fsp3) is 0.568. The number of amides is 2. The molecule has 0 aliphatic heterocycles. The first-order valence-corrected chi connectivity index (χ1v) is 16.8. The van der Waals surface area contributed by atoms with Gasteiger partial charge < -0.3 is 19.7 Å². The highest BCUT2D eigenvalue weighted by atomic mass is 16.5. The SMILES string of the molecule is CCCCCC(C)OCCCN(C(=O)/C(CCc1ccccc1)=C(/N=C(\C)c1ncc(OC2CCC2)cc1C)NC=O)C(C)C. The van der Waals surface area contributed by atoms with Gasteiger partial charge in [-0.3, -0.25) is 14.6 Å². The molecule has 8 heteroatoms. The Balaban J connectivity index is 1.86. The molecule has 1 aliphatic rings. The van der Waals surface area contributed by atoms with E-state index < -0.39 is 0 Å². The molecule has 1 atom stereocenters. The Kier molecular flexibility index (Phi) is 15.3. The maximum Gasteiger partial charge on any atom is 0.253 e. The third-order valence-corrected chi connectivity index (χ3v) is 8.32. The Morgan fingerprint density at radius 1 is 1.16 bits per heavy atom. The Hall–Kier alpha value is -3.52. The van der Waals surface area contributed by atoms with Gasteiger partial charge in [0.1, 0.15) is 11.6 Å². The molecule has 45 heavy (non-hydrogen) atoms. The van der Waals surface area contributed by atoms with Crippen LogP contribution in [0.15, 0.2) is 59.0 Å². The fourth-order valence-electron chi connectivity index (χ4n) is 5.43. The number of nitrogens with one attached hydrogen (secondary N) is 1. The van der Waals surface area contributed by atoms with Crippen molar-refractivity contribution in [1.29, 1.82) is 0 Å². The van der Waals surface area contributed by atoms with Gasteiger partial charge in [-0.15, -0.1) is 0 Å². The van der Waals surface area contributed by atoms with Gasteiger partial charge in [-0.25, -0.2) is 4.99 Å². The topological polar surface area (TPSA) is 93.1 Å². The molecular weight excluding hydrogens is 564 g/mol. The van der Waals surface area contributed by atoms with Gasteiger partial charge in [0.2, 0.25) is 6.41 Å². The lowest BCUT2D eigenvalue weighted by molar-refractivity contribution is -0.129. The standard InChI is InChI=1S/C37H54N4O4/c1-7-8-10-15-29(5)44-23-14-22-41(27(2)3)37(43)34(21-20-31-16-11-9-12-17-31)36(39-26-42)40-30(6)35-28(4)24-33(25-38-35)45-32-18-13-19-32/h9,11-12,16-17,24-27,29,32H,7-8,10,13-15,18-23H2,1-6H3,(H,39,42)/b36-34+,40-30+. The number of hydrogen-bond donors (Lipinski definition) is 1. The molecule has 8 nitrogen and oxygen atoms in total. The van der Waals surface area contributed by atoms with Crippen molar-refractivity contribution in [3.63, 3.8) is 0 Å². The highest BCUT2D eigenvalue weighted by molar-refractivity contribution is 6.00. The summed E-state index contributed by atoms with van der Waals surface area (Å²) in [4.78, 5) is 37.5. The highest BCUT2D eigenvalue weighted by Crippen LogP contribution is 2.26. The molecule has 1 heterocycles. The van der Waals surface area contributed by atoms with E-state index in [0.717, 1.165) is 42.6 Å². The number of hydrogen-bond acceptors (Lipinski definition) is 6. The molecule has 1 fully saturated rings. The molecule has 2 aromatic rings. The Bertz CT molecular complexity index is 1270. The molecule has 0 saturated heterocycles. The number of pyridine rings is 1. The lowest BCUT2D eigenvalue weighted by Crippen LogP contribution is -2.40. The zero-order chi connectivity index (χ0) is 32.6. The second kappa shape index (κ2) is 19.1. The first kappa shape index (κ1) is 36.0. The Morgan fingerprint density at radius 3 is 2.53 bits per heavy atom. The van der Waals surface area contributed by atoms with Crippen LogP contribution in [-0.2, 0) is 20.7 Å². The number of aliphatic imine (C=N–C) groups is 1. The second-order valence-electron chi connectivity index (χ2n) is 12.4. The minimum Gasteiger partial charge on any atom is -0.489 e. The minimum atomic E-state index is -0.133. The van der Waals surface area contributed by atoms with E-state index in [1.807, 2.05) is 69.0 Å². The Labute approximate surface area is 270 Å². The van der Waals surface area contributed by atoms with E-state index in [1.54, 1.807) is 6.20 Å². The van der Waals surface area contributed by atoms with Gasteiger partial charge in [0.15, 0.2) is 0 Å². The van der Waals surface area contributed by atoms with E-state index in [0.29, 0.717) is 49.4 Å². The highest BCUT2D eigenvalue weighted by Gasteiger charge is 2.25. The van der Waals surface area contributed by atoms with Gasteiger partial charge in [0.25, 0.3) is 5.91 Å². The van der Waals surface area contributed by atoms with E-state index in [-0.39, 0.29) is 30.0 Å². The number of rotatable bonds is 20. The molecule has 0 spiro atoms. The van der Waals surface area contributed by atoms with E-state index in [1.165, 1.54) is 25.7 Å².